The fraction of sp³-hybridized carbons (Fsp3) is 0.733. The molecule has 6 aromatic carbocycles. The Morgan fingerprint density at radius 3 is 0.632 bits per heavy atom. The Kier molecular flexibility index (Phi) is 47.7. The Hall–Kier alpha value is -4.44. The molecule has 0 bridgehead atoms. The number of hydrogen-bond donors (Lipinski definition) is 6. The largest absolute Gasteiger partial charge is 0.383 e. The van der Waals surface area contributed by atoms with Crippen LogP contribution in [0.4, 0.5) is 34.1 Å². The van der Waals surface area contributed by atoms with Crippen molar-refractivity contribution in [3.8, 4) is 0 Å². The summed E-state index contributed by atoms with van der Waals surface area (Å²) in [5.74, 6) is 0. The third-order valence-electron chi connectivity index (χ3n) is 20.0. The van der Waals surface area contributed by atoms with Gasteiger partial charge in [0.15, 0.2) is 0 Å². The highest BCUT2D eigenvalue weighted by molar-refractivity contribution is 7.72. The molecule has 0 saturated heterocycles. The van der Waals surface area contributed by atoms with E-state index in [1.54, 1.807) is 0 Å². The van der Waals surface area contributed by atoms with Crippen molar-refractivity contribution >= 4 is 107 Å². The molecule has 0 radical (unpaired) electrons. The monoisotopic (exact) mass is 1690 g/mol. The van der Waals surface area contributed by atoms with E-state index in [0.29, 0.717) is 27.1 Å². The second-order valence-electron chi connectivity index (χ2n) is 36.9. The molecule has 0 amide bonds. The van der Waals surface area contributed by atoms with E-state index >= 15 is 0 Å². The first kappa shape index (κ1) is 108. The van der Waals surface area contributed by atoms with Gasteiger partial charge in [-0.3, -0.25) is 28.8 Å². The summed E-state index contributed by atoms with van der Waals surface area (Å²) in [5.41, 5.74) is 10.2. The minimum atomic E-state index is -0.127. The number of rotatable bonds is 42. The molecule has 24 heteroatoms. The fourth-order valence-electron chi connectivity index (χ4n) is 13.8. The first-order valence-electron chi connectivity index (χ1n) is 42.4. The molecule has 0 aliphatic carbocycles. The minimum Gasteiger partial charge on any atom is -0.383 e. The molecule has 0 heterocycles. The summed E-state index contributed by atoms with van der Waals surface area (Å²) in [4.78, 5) is 84.9. The van der Waals surface area contributed by atoms with E-state index in [1.807, 2.05) is 20.8 Å². The van der Waals surface area contributed by atoms with Gasteiger partial charge in [0.25, 0.3) is 0 Å². The fourth-order valence-corrected chi connectivity index (χ4v) is 15.5. The lowest BCUT2D eigenvalue weighted by Gasteiger charge is -2.26. The van der Waals surface area contributed by atoms with Gasteiger partial charge in [0.05, 0.1) is 34.1 Å². The van der Waals surface area contributed by atoms with Crippen LogP contribution in [0.1, 0.15) is 278 Å². The molecule has 648 valence electrons. The third kappa shape index (κ3) is 34.0. The Bertz CT molecular complexity index is 4280. The van der Waals surface area contributed by atoms with Gasteiger partial charge < -0.3 is 61.3 Å². The summed E-state index contributed by atoms with van der Waals surface area (Å²) in [5, 5.41) is 20.1. The van der Waals surface area contributed by atoms with Gasteiger partial charge in [-0.2, -0.15) is 0 Å². The molecule has 0 spiro atoms. The van der Waals surface area contributed by atoms with Crippen LogP contribution in [-0.2, 0) is 32.5 Å². The quantitative estimate of drug-likeness (QED) is 0.0156. The average Bonchev–Trinajstić information content (AvgIpc) is 0.796. The predicted molar refractivity (Wildman–Crippen MR) is 513 cm³/mol. The molecule has 114 heavy (non-hydrogen) atoms. The van der Waals surface area contributed by atoms with E-state index < -0.39 is 0 Å². The zero-order chi connectivity index (χ0) is 87.8. The summed E-state index contributed by atoms with van der Waals surface area (Å²) in [6.45, 7) is 75.2. The molecule has 0 unspecified atom stereocenters. The SMILES string of the molecule is CCCN(C)CCCNc1c(C(C)(C)C)c(=O)c1=S.CCCN(CC)CCCNc1c(C(C)(C)C)c(=O)c1=S.CCCN(CCC)CCCNc1c(C(C)(C)C)c(=O)c1=S.CCN(C)CCCNc1c(C(C)(C)C)c(=O)c1=S.CCN(CC)CCCNc1c(C(C)(C)C)c(=O)c1=S.CN(C)CCCNc1c(C(C)(C)C)c(=O)c1=S. The number of nitrogens with one attached hydrogen (secondary N) is 6. The molecular weight excluding hydrogens is 1540 g/mol. The molecule has 6 N–H and O–H groups in total. The zero-order valence-electron chi connectivity index (χ0n) is 76.8. The molecule has 18 nitrogen and oxygen atoms in total. The Morgan fingerprint density at radius 2 is 0.430 bits per heavy atom. The molecule has 0 saturated carbocycles. The van der Waals surface area contributed by atoms with Crippen molar-refractivity contribution in [2.75, 3.05) is 191 Å². The van der Waals surface area contributed by atoms with Crippen LogP contribution in [0.5, 0.6) is 0 Å². The van der Waals surface area contributed by atoms with E-state index in [2.05, 4.69) is 249 Å². The molecule has 0 atom stereocenters. The predicted octanol–water partition coefficient (Wildman–Crippen LogP) is 18.6. The van der Waals surface area contributed by atoms with Crippen LogP contribution in [-0.4, -0.2) is 188 Å². The van der Waals surface area contributed by atoms with Gasteiger partial charge in [0, 0.05) is 72.6 Å². The Morgan fingerprint density at radius 1 is 0.237 bits per heavy atom. The maximum atomic E-state index is 11.9. The molecule has 0 aliphatic heterocycles. The molecule has 0 aromatic heterocycles. The lowest BCUT2D eigenvalue weighted by Crippen LogP contribution is -2.32. The topological polar surface area (TPSA) is 194 Å². The maximum absolute atomic E-state index is 11.9. The number of hydrogen-bond acceptors (Lipinski definition) is 24. The van der Waals surface area contributed by atoms with Gasteiger partial charge in [-0.05, 0) is 217 Å². The van der Waals surface area contributed by atoms with Crippen LogP contribution in [0.25, 0.3) is 0 Å². The smallest absolute Gasteiger partial charge is 0.204 e. The average molecular weight is 1690 g/mol. The second kappa shape index (κ2) is 50.6. The van der Waals surface area contributed by atoms with Crippen molar-refractivity contribution in [3.05, 3.63) is 122 Å². The summed E-state index contributed by atoms with van der Waals surface area (Å²) >= 11 is 30.8. The van der Waals surface area contributed by atoms with Gasteiger partial charge in [0.1, 0.15) is 27.1 Å². The van der Waals surface area contributed by atoms with Crippen LogP contribution < -0.4 is 64.5 Å². The highest BCUT2D eigenvalue weighted by Crippen LogP contribution is 2.35. The third-order valence-corrected chi connectivity index (χ3v) is 22.4. The van der Waals surface area contributed by atoms with Gasteiger partial charge >= 0.3 is 0 Å². The first-order valence-corrected chi connectivity index (χ1v) is 44.9. The number of anilines is 6. The summed E-state index contributed by atoms with van der Waals surface area (Å²) < 4.78 is 2.87. The summed E-state index contributed by atoms with van der Waals surface area (Å²) in [6.07, 6.45) is 11.2. The molecular formula is C90H156N12O6S6. The van der Waals surface area contributed by atoms with Crippen LogP contribution in [0.2, 0.25) is 0 Å². The Labute approximate surface area is 721 Å². The van der Waals surface area contributed by atoms with Crippen molar-refractivity contribution in [1.82, 2.24) is 29.4 Å². The molecule has 0 fully saturated rings. The molecule has 0 aliphatic rings. The lowest BCUT2D eigenvalue weighted by molar-refractivity contribution is 0.274. The van der Waals surface area contributed by atoms with Crippen LogP contribution in [0, 0.1) is 27.1 Å². The highest BCUT2D eigenvalue weighted by atomic mass is 32.1. The van der Waals surface area contributed by atoms with Gasteiger partial charge in [0.2, 0.25) is 32.6 Å². The van der Waals surface area contributed by atoms with Crippen molar-refractivity contribution in [2.45, 2.75) is 277 Å². The number of nitrogens with zero attached hydrogens (tertiary/aromatic N) is 6. The lowest BCUT2D eigenvalue weighted by atomic mass is 9.82. The molecule has 6 aromatic rings. The van der Waals surface area contributed by atoms with E-state index in [1.165, 1.54) is 38.8 Å². The van der Waals surface area contributed by atoms with Crippen LogP contribution >= 0.6 is 73.3 Å². The maximum Gasteiger partial charge on any atom is 0.204 e. The van der Waals surface area contributed by atoms with Crippen LogP contribution in [0.3, 0.4) is 0 Å². The highest BCUT2D eigenvalue weighted by Gasteiger charge is 2.33. The Balaban J connectivity index is 0.000000685. The van der Waals surface area contributed by atoms with E-state index in [0.717, 1.165) is 224 Å². The van der Waals surface area contributed by atoms with Crippen molar-refractivity contribution in [1.29, 1.82) is 0 Å². The summed E-state index contributed by atoms with van der Waals surface area (Å²) in [7, 11) is 8.35. The summed E-state index contributed by atoms with van der Waals surface area (Å²) in [6, 6.07) is 0. The minimum absolute atomic E-state index is 0.0441. The zero-order valence-corrected chi connectivity index (χ0v) is 81.7. The first-order chi connectivity index (χ1) is 52.8. The van der Waals surface area contributed by atoms with Crippen molar-refractivity contribution < 1.29 is 0 Å². The van der Waals surface area contributed by atoms with Gasteiger partial charge in [-0.1, -0.05) is 253 Å². The molecule has 6 rings (SSSR count). The van der Waals surface area contributed by atoms with Crippen molar-refractivity contribution in [2.24, 2.45) is 0 Å². The van der Waals surface area contributed by atoms with E-state index in [-0.39, 0.29) is 65.1 Å². The van der Waals surface area contributed by atoms with Gasteiger partial charge in [-0.15, -0.1) is 0 Å². The van der Waals surface area contributed by atoms with Crippen molar-refractivity contribution in [3.63, 3.8) is 0 Å². The standard InChI is InChI=1S/C17H30N2OS.C16H28N2OS.2C15H26N2OS.C14H24N2OS.C13H22N2OS/c1-6-10-19(11-7-2)12-8-9-18-14-13(17(3,4)5)15(20)16(14)21;1-6-10-18(7-2)11-8-9-17-13-12(16(3,4)5)14(19)15(13)20;1-6-9-17(5)10-7-8-16-12-11(15(2,3)4)13(18)14(12)19;1-6-17(7-2)10-8-9-16-12-11(15(3,4)5)13(18)14(12)19;1-6-16(5)9-7-8-15-11-10(14(2,3)4)12(17)13(11)18;1-13(2,3)9-10(12(17)11(9)16)14-7-6-8-15(4)5/h18H,6-12H2,1-5H3;17H,6-11H2,1-5H3;2*16H,6-10H2,1-5H3;15H,6-9H2,1-5H3;14H,6-8H2,1-5H3. The normalized spacial score (nSPS) is 12.3. The van der Waals surface area contributed by atoms with E-state index in [4.69, 9.17) is 73.3 Å². The van der Waals surface area contributed by atoms with Gasteiger partial charge in [-0.25, -0.2) is 0 Å². The second-order valence-corrected chi connectivity index (χ2v) is 39.4. The van der Waals surface area contributed by atoms with Crippen LogP contribution in [0.15, 0.2) is 28.8 Å². The van der Waals surface area contributed by atoms with E-state index in [9.17, 15) is 28.8 Å².